The second-order valence-corrected chi connectivity index (χ2v) is 12.0. The number of fused-ring (bicyclic) bond motifs is 5. The van der Waals surface area contributed by atoms with Gasteiger partial charge in [0.05, 0.1) is 0 Å². The summed E-state index contributed by atoms with van der Waals surface area (Å²) in [6.45, 7) is 0. The van der Waals surface area contributed by atoms with Crippen molar-refractivity contribution in [2.75, 3.05) is 0 Å². The molecule has 0 amide bonds. The summed E-state index contributed by atoms with van der Waals surface area (Å²) in [4.78, 5) is 0. The minimum Gasteiger partial charge on any atom is -0.0616 e. The maximum Gasteiger partial charge on any atom is -0.00201 e. The standard InChI is InChI=1S/C44H26/c1-2-12-31-27(9-1)21-24-33-32(31)17-8-18-34(33)43-35-13-3-5-15-37(35)44(38-16-6-4-14-36(38)43)40-26-23-30-20-19-28-10-7-11-29-22-25-39(40)42(30)41(28)29/h1-26H. The van der Waals surface area contributed by atoms with Crippen LogP contribution in [-0.4, -0.2) is 0 Å². The Morgan fingerprint density at radius 2 is 0.636 bits per heavy atom. The first-order valence-corrected chi connectivity index (χ1v) is 15.4. The summed E-state index contributed by atoms with van der Waals surface area (Å²) in [5, 5.41) is 18.2. The molecular formula is C44H26. The highest BCUT2D eigenvalue weighted by Crippen LogP contribution is 2.48. The molecule has 0 bridgehead atoms. The first kappa shape index (κ1) is 23.8. The van der Waals surface area contributed by atoms with Crippen LogP contribution in [-0.2, 0) is 0 Å². The van der Waals surface area contributed by atoms with E-state index < -0.39 is 0 Å². The Balaban J connectivity index is 1.37. The van der Waals surface area contributed by atoms with Crippen molar-refractivity contribution in [3.63, 3.8) is 0 Å². The summed E-state index contributed by atoms with van der Waals surface area (Å²) in [5.41, 5.74) is 5.18. The van der Waals surface area contributed by atoms with Gasteiger partial charge in [-0.25, -0.2) is 0 Å². The maximum absolute atomic E-state index is 2.35. The van der Waals surface area contributed by atoms with Crippen molar-refractivity contribution >= 4 is 75.4 Å². The first-order valence-electron chi connectivity index (χ1n) is 15.4. The molecule has 0 spiro atoms. The third-order valence-corrected chi connectivity index (χ3v) is 9.79. The molecule has 10 aromatic carbocycles. The predicted octanol–water partition coefficient (Wildman–Crippen LogP) is 12.5. The lowest BCUT2D eigenvalue weighted by atomic mass is 9.82. The topological polar surface area (TPSA) is 0 Å². The molecule has 44 heavy (non-hydrogen) atoms. The summed E-state index contributed by atoms with van der Waals surface area (Å²) in [6, 6.07) is 58.6. The van der Waals surface area contributed by atoms with Crippen LogP contribution in [0.15, 0.2) is 158 Å². The molecule has 0 radical (unpaired) electrons. The molecular weight excluding hydrogens is 528 g/mol. The zero-order valence-corrected chi connectivity index (χ0v) is 24.0. The molecule has 0 unspecified atom stereocenters. The SMILES string of the molecule is c1ccc2c(c1)ccc1c(-c3c4ccccc4c(-c4ccc5ccc6cccc7ccc4c5c67)c4ccccc34)cccc12. The van der Waals surface area contributed by atoms with Crippen molar-refractivity contribution in [1.29, 1.82) is 0 Å². The van der Waals surface area contributed by atoms with Crippen LogP contribution in [0.1, 0.15) is 0 Å². The molecule has 0 saturated carbocycles. The average Bonchev–Trinajstić information content (AvgIpc) is 3.09. The highest BCUT2D eigenvalue weighted by molar-refractivity contribution is 6.30. The molecule has 10 rings (SSSR count). The zero-order chi connectivity index (χ0) is 28.8. The number of hydrogen-bond acceptors (Lipinski definition) is 0. The molecule has 0 atom stereocenters. The van der Waals surface area contributed by atoms with E-state index in [0.29, 0.717) is 0 Å². The van der Waals surface area contributed by atoms with Gasteiger partial charge in [0, 0.05) is 0 Å². The quantitative estimate of drug-likeness (QED) is 0.147. The van der Waals surface area contributed by atoms with Gasteiger partial charge in [-0.2, -0.15) is 0 Å². The Labute approximate surface area is 254 Å². The molecule has 10 aromatic rings. The lowest BCUT2D eigenvalue weighted by Crippen LogP contribution is -1.93. The lowest BCUT2D eigenvalue weighted by molar-refractivity contribution is 1.70. The molecule has 0 aliphatic heterocycles. The molecule has 0 aliphatic carbocycles. The highest BCUT2D eigenvalue weighted by Gasteiger charge is 2.20. The van der Waals surface area contributed by atoms with Crippen molar-refractivity contribution in [3.8, 4) is 22.3 Å². The fourth-order valence-electron chi connectivity index (χ4n) is 7.92. The third-order valence-electron chi connectivity index (χ3n) is 9.79. The summed E-state index contributed by atoms with van der Waals surface area (Å²) in [6.07, 6.45) is 0. The Morgan fingerprint density at radius 1 is 0.205 bits per heavy atom. The van der Waals surface area contributed by atoms with Crippen LogP contribution in [0.3, 0.4) is 0 Å². The van der Waals surface area contributed by atoms with Crippen molar-refractivity contribution < 1.29 is 0 Å². The van der Waals surface area contributed by atoms with E-state index in [1.54, 1.807) is 0 Å². The Hall–Kier alpha value is -5.72. The molecule has 0 aliphatic rings. The summed E-state index contributed by atoms with van der Waals surface area (Å²) in [7, 11) is 0. The van der Waals surface area contributed by atoms with Crippen LogP contribution in [0.5, 0.6) is 0 Å². The molecule has 0 heterocycles. The van der Waals surface area contributed by atoms with Crippen LogP contribution in [0, 0.1) is 0 Å². The minimum absolute atomic E-state index is 1.27. The van der Waals surface area contributed by atoms with Gasteiger partial charge in [0.1, 0.15) is 0 Å². The van der Waals surface area contributed by atoms with Crippen molar-refractivity contribution in [2.45, 2.75) is 0 Å². The largest absolute Gasteiger partial charge is 0.0616 e. The van der Waals surface area contributed by atoms with Crippen molar-refractivity contribution in [1.82, 2.24) is 0 Å². The highest BCUT2D eigenvalue weighted by atomic mass is 14.2. The maximum atomic E-state index is 2.35. The van der Waals surface area contributed by atoms with Crippen LogP contribution >= 0.6 is 0 Å². The second-order valence-electron chi connectivity index (χ2n) is 12.0. The summed E-state index contributed by atoms with van der Waals surface area (Å²) < 4.78 is 0. The molecule has 0 saturated heterocycles. The van der Waals surface area contributed by atoms with Gasteiger partial charge in [0.2, 0.25) is 0 Å². The zero-order valence-electron chi connectivity index (χ0n) is 24.0. The molecule has 0 heteroatoms. The lowest BCUT2D eigenvalue weighted by Gasteiger charge is -2.21. The van der Waals surface area contributed by atoms with E-state index >= 15 is 0 Å². The van der Waals surface area contributed by atoms with E-state index in [0.717, 1.165) is 0 Å². The molecule has 0 aromatic heterocycles. The second kappa shape index (κ2) is 8.89. The van der Waals surface area contributed by atoms with Crippen LogP contribution in [0.25, 0.3) is 97.7 Å². The fraction of sp³-hybridized carbons (Fsp3) is 0. The normalized spacial score (nSPS) is 12.1. The molecule has 202 valence electrons. The smallest absolute Gasteiger partial charge is 0.00201 e. The Bertz CT molecular complexity index is 2690. The van der Waals surface area contributed by atoms with Crippen molar-refractivity contribution in [2.24, 2.45) is 0 Å². The predicted molar refractivity (Wildman–Crippen MR) is 191 cm³/mol. The van der Waals surface area contributed by atoms with Crippen molar-refractivity contribution in [3.05, 3.63) is 158 Å². The third kappa shape index (κ3) is 3.17. The molecule has 0 N–H and O–H groups in total. The number of rotatable bonds is 2. The molecule has 0 fully saturated rings. The van der Waals surface area contributed by atoms with Gasteiger partial charge in [-0.15, -0.1) is 0 Å². The summed E-state index contributed by atoms with van der Waals surface area (Å²) >= 11 is 0. The van der Waals surface area contributed by atoms with Crippen LogP contribution in [0.4, 0.5) is 0 Å². The van der Waals surface area contributed by atoms with Crippen LogP contribution < -0.4 is 0 Å². The molecule has 0 nitrogen and oxygen atoms in total. The van der Waals surface area contributed by atoms with E-state index in [2.05, 4.69) is 158 Å². The van der Waals surface area contributed by atoms with Gasteiger partial charge in [-0.3, -0.25) is 0 Å². The first-order chi connectivity index (χ1) is 21.8. The van der Waals surface area contributed by atoms with Gasteiger partial charge >= 0.3 is 0 Å². The van der Waals surface area contributed by atoms with E-state index in [4.69, 9.17) is 0 Å². The van der Waals surface area contributed by atoms with Crippen LogP contribution in [0.2, 0.25) is 0 Å². The van der Waals surface area contributed by atoms with E-state index in [9.17, 15) is 0 Å². The number of hydrogen-bond donors (Lipinski definition) is 0. The van der Waals surface area contributed by atoms with Gasteiger partial charge < -0.3 is 0 Å². The van der Waals surface area contributed by atoms with Gasteiger partial charge in [0.15, 0.2) is 0 Å². The fourth-order valence-corrected chi connectivity index (χ4v) is 7.92. The minimum atomic E-state index is 1.27. The monoisotopic (exact) mass is 554 g/mol. The number of benzene rings is 10. The Morgan fingerprint density at radius 3 is 1.32 bits per heavy atom. The van der Waals surface area contributed by atoms with E-state index in [1.807, 2.05) is 0 Å². The van der Waals surface area contributed by atoms with E-state index in [1.165, 1.54) is 97.7 Å². The van der Waals surface area contributed by atoms with E-state index in [-0.39, 0.29) is 0 Å². The van der Waals surface area contributed by atoms with Gasteiger partial charge in [-0.1, -0.05) is 158 Å². The Kier molecular flexibility index (Phi) is 4.81. The summed E-state index contributed by atoms with van der Waals surface area (Å²) in [5.74, 6) is 0. The van der Waals surface area contributed by atoms with Gasteiger partial charge in [-0.05, 0) is 97.7 Å². The average molecular weight is 555 g/mol. The van der Waals surface area contributed by atoms with Gasteiger partial charge in [0.25, 0.3) is 0 Å².